The van der Waals surface area contributed by atoms with Crippen LogP contribution in [0.15, 0.2) is 24.3 Å². The molecule has 2 aliphatic heterocycles. The van der Waals surface area contributed by atoms with E-state index in [9.17, 15) is 9.59 Å². The van der Waals surface area contributed by atoms with Gasteiger partial charge in [-0.3, -0.25) is 14.5 Å². The molecule has 2 aliphatic rings. The van der Waals surface area contributed by atoms with Crippen molar-refractivity contribution in [2.45, 2.75) is 38.1 Å². The van der Waals surface area contributed by atoms with Gasteiger partial charge in [-0.15, -0.1) is 0 Å². The third-order valence-electron chi connectivity index (χ3n) is 5.69. The van der Waals surface area contributed by atoms with Crippen LogP contribution in [-0.4, -0.2) is 60.4 Å². The van der Waals surface area contributed by atoms with E-state index in [4.69, 9.17) is 0 Å². The van der Waals surface area contributed by atoms with Gasteiger partial charge in [-0.05, 0) is 37.9 Å². The van der Waals surface area contributed by atoms with E-state index in [2.05, 4.69) is 30.3 Å². The number of piperazine rings is 1. The number of carbonyl (C=O) groups is 2. The highest BCUT2D eigenvalue weighted by molar-refractivity contribution is 5.79. The summed E-state index contributed by atoms with van der Waals surface area (Å²) in [5, 5.41) is 2.96. The van der Waals surface area contributed by atoms with E-state index in [0.29, 0.717) is 19.4 Å². The monoisotopic (exact) mass is 329 g/mol. The van der Waals surface area contributed by atoms with Crippen molar-refractivity contribution in [3.05, 3.63) is 35.4 Å². The third-order valence-corrected chi connectivity index (χ3v) is 5.69. The minimum atomic E-state index is -0.0706. The fourth-order valence-electron chi connectivity index (χ4n) is 3.89. The van der Waals surface area contributed by atoms with Gasteiger partial charge in [0, 0.05) is 38.1 Å². The average Bonchev–Trinajstić information content (AvgIpc) is 2.75. The molecule has 5 nitrogen and oxygen atoms in total. The van der Waals surface area contributed by atoms with E-state index in [1.807, 2.05) is 23.1 Å². The van der Waals surface area contributed by atoms with Gasteiger partial charge in [0.25, 0.3) is 0 Å². The van der Waals surface area contributed by atoms with E-state index in [0.717, 1.165) is 38.0 Å². The third kappa shape index (κ3) is 3.46. The molecule has 1 spiro atoms. The van der Waals surface area contributed by atoms with E-state index in [-0.39, 0.29) is 17.4 Å². The largest absolute Gasteiger partial charge is 0.356 e. The molecule has 2 heterocycles. The molecular weight excluding hydrogens is 302 g/mol. The first kappa shape index (κ1) is 17.0. The summed E-state index contributed by atoms with van der Waals surface area (Å²) in [6, 6.07) is 8.08. The standard InChI is InChI=1S/C19H27N3O2/c1-15-5-3-4-6-16(15)13-18(24)22-12-11-21(2)19(14-22)8-7-17(23)20-10-9-19/h3-6H,7-14H2,1-2H3,(H,20,23)/t19-/m0/s1. The van der Waals surface area contributed by atoms with Crippen LogP contribution in [0.3, 0.4) is 0 Å². The molecule has 3 rings (SSSR count). The molecule has 130 valence electrons. The first-order valence-corrected chi connectivity index (χ1v) is 8.80. The molecule has 2 saturated heterocycles. The number of nitrogens with zero attached hydrogens (tertiary/aromatic N) is 2. The molecule has 0 aliphatic carbocycles. The summed E-state index contributed by atoms with van der Waals surface area (Å²) in [5.41, 5.74) is 2.20. The summed E-state index contributed by atoms with van der Waals surface area (Å²) in [5.74, 6) is 0.323. The quantitative estimate of drug-likeness (QED) is 0.891. The van der Waals surface area contributed by atoms with Crippen LogP contribution in [0.4, 0.5) is 0 Å². The van der Waals surface area contributed by atoms with Gasteiger partial charge >= 0.3 is 0 Å². The highest BCUT2D eigenvalue weighted by Crippen LogP contribution is 2.30. The number of nitrogens with one attached hydrogen (secondary N) is 1. The molecule has 1 N–H and O–H groups in total. The molecule has 5 heteroatoms. The molecule has 0 unspecified atom stereocenters. The van der Waals surface area contributed by atoms with Crippen molar-refractivity contribution in [3.8, 4) is 0 Å². The van der Waals surface area contributed by atoms with Gasteiger partial charge in [-0.2, -0.15) is 0 Å². The number of amides is 2. The molecule has 0 bridgehead atoms. The van der Waals surface area contributed by atoms with E-state index in [1.54, 1.807) is 0 Å². The van der Waals surface area contributed by atoms with Crippen molar-refractivity contribution < 1.29 is 9.59 Å². The Morgan fingerprint density at radius 1 is 1.25 bits per heavy atom. The Morgan fingerprint density at radius 3 is 2.83 bits per heavy atom. The molecule has 0 aromatic heterocycles. The summed E-state index contributed by atoms with van der Waals surface area (Å²) in [4.78, 5) is 28.9. The first-order valence-electron chi connectivity index (χ1n) is 8.80. The van der Waals surface area contributed by atoms with Crippen LogP contribution >= 0.6 is 0 Å². The Kier molecular flexibility index (Phi) is 4.90. The lowest BCUT2D eigenvalue weighted by molar-refractivity contribution is -0.136. The lowest BCUT2D eigenvalue weighted by atomic mass is 9.86. The number of benzene rings is 1. The lowest BCUT2D eigenvalue weighted by Crippen LogP contribution is -2.62. The van der Waals surface area contributed by atoms with E-state index in [1.165, 1.54) is 5.56 Å². The zero-order valence-corrected chi connectivity index (χ0v) is 14.7. The van der Waals surface area contributed by atoms with Gasteiger partial charge < -0.3 is 10.2 Å². The first-order chi connectivity index (χ1) is 11.5. The van der Waals surface area contributed by atoms with Crippen molar-refractivity contribution in [2.24, 2.45) is 0 Å². The lowest BCUT2D eigenvalue weighted by Gasteiger charge is -2.49. The van der Waals surface area contributed by atoms with Crippen LogP contribution in [-0.2, 0) is 16.0 Å². The number of rotatable bonds is 2. The van der Waals surface area contributed by atoms with Crippen molar-refractivity contribution in [1.82, 2.24) is 15.1 Å². The maximum atomic E-state index is 12.8. The molecule has 0 saturated carbocycles. The maximum Gasteiger partial charge on any atom is 0.227 e. The van der Waals surface area contributed by atoms with Gasteiger partial charge in [0.05, 0.1) is 6.42 Å². The number of likely N-dealkylation sites (N-methyl/N-ethyl adjacent to an activating group) is 1. The summed E-state index contributed by atoms with van der Waals surface area (Å²) >= 11 is 0. The van der Waals surface area contributed by atoms with Gasteiger partial charge in [0.15, 0.2) is 0 Å². The normalized spacial score (nSPS) is 25.4. The molecular formula is C19H27N3O2. The number of hydrogen-bond donors (Lipinski definition) is 1. The van der Waals surface area contributed by atoms with Crippen LogP contribution < -0.4 is 5.32 Å². The van der Waals surface area contributed by atoms with Crippen LogP contribution in [0, 0.1) is 6.92 Å². The van der Waals surface area contributed by atoms with E-state index >= 15 is 0 Å². The zero-order valence-electron chi connectivity index (χ0n) is 14.7. The van der Waals surface area contributed by atoms with Crippen LogP contribution in [0.25, 0.3) is 0 Å². The Labute approximate surface area is 144 Å². The second kappa shape index (κ2) is 6.93. The molecule has 2 amide bonds. The summed E-state index contributed by atoms with van der Waals surface area (Å²) in [6.45, 7) is 5.11. The molecule has 1 aromatic carbocycles. The molecule has 2 fully saturated rings. The predicted molar refractivity (Wildman–Crippen MR) is 93.7 cm³/mol. The van der Waals surface area contributed by atoms with Crippen molar-refractivity contribution in [1.29, 1.82) is 0 Å². The predicted octanol–water partition coefficient (Wildman–Crippen LogP) is 1.35. The van der Waals surface area contributed by atoms with Crippen LogP contribution in [0.2, 0.25) is 0 Å². The highest BCUT2D eigenvalue weighted by atomic mass is 16.2. The smallest absolute Gasteiger partial charge is 0.227 e. The SMILES string of the molecule is Cc1ccccc1CC(=O)N1CCN(C)[C@@]2(CCNC(=O)CC2)C1. The van der Waals surface area contributed by atoms with Crippen molar-refractivity contribution >= 4 is 11.8 Å². The zero-order chi connectivity index (χ0) is 17.2. The highest BCUT2D eigenvalue weighted by Gasteiger charge is 2.41. The Morgan fingerprint density at radius 2 is 2.04 bits per heavy atom. The fourth-order valence-corrected chi connectivity index (χ4v) is 3.89. The van der Waals surface area contributed by atoms with E-state index < -0.39 is 0 Å². The molecule has 1 aromatic rings. The second-order valence-corrected chi connectivity index (χ2v) is 7.16. The van der Waals surface area contributed by atoms with Crippen molar-refractivity contribution in [2.75, 3.05) is 33.2 Å². The second-order valence-electron chi connectivity index (χ2n) is 7.16. The van der Waals surface area contributed by atoms with Gasteiger partial charge in [0.1, 0.15) is 0 Å². The van der Waals surface area contributed by atoms with Crippen molar-refractivity contribution in [3.63, 3.8) is 0 Å². The average molecular weight is 329 g/mol. The summed E-state index contributed by atoms with van der Waals surface area (Å²) < 4.78 is 0. The maximum absolute atomic E-state index is 12.8. The van der Waals surface area contributed by atoms with Crippen LogP contribution in [0.1, 0.15) is 30.4 Å². The number of hydrogen-bond acceptors (Lipinski definition) is 3. The molecule has 0 radical (unpaired) electrons. The number of carbonyl (C=O) groups excluding carboxylic acids is 2. The minimum Gasteiger partial charge on any atom is -0.356 e. The summed E-state index contributed by atoms with van der Waals surface area (Å²) in [6.07, 6.45) is 2.74. The Hall–Kier alpha value is -1.88. The fraction of sp³-hybridized carbons (Fsp3) is 0.579. The van der Waals surface area contributed by atoms with Crippen LogP contribution in [0.5, 0.6) is 0 Å². The molecule has 1 atom stereocenters. The summed E-state index contributed by atoms with van der Waals surface area (Å²) in [7, 11) is 2.12. The Bertz CT molecular complexity index is 631. The number of aryl methyl sites for hydroxylation is 1. The van der Waals surface area contributed by atoms with Gasteiger partial charge in [0.2, 0.25) is 11.8 Å². The van der Waals surface area contributed by atoms with Gasteiger partial charge in [-0.1, -0.05) is 24.3 Å². The molecule has 24 heavy (non-hydrogen) atoms. The minimum absolute atomic E-state index is 0.0706. The topological polar surface area (TPSA) is 52.7 Å². The Balaban J connectivity index is 1.71. The van der Waals surface area contributed by atoms with Gasteiger partial charge in [-0.25, -0.2) is 0 Å².